The quantitative estimate of drug-likeness (QED) is 0.799. The maximum Gasteiger partial charge on any atom is 0.227 e. The van der Waals surface area contributed by atoms with Gasteiger partial charge in [-0.05, 0) is 30.3 Å². The first-order valence-electron chi connectivity index (χ1n) is 6.59. The zero-order valence-corrected chi connectivity index (χ0v) is 11.8. The monoisotopic (exact) mass is 296 g/mol. The van der Waals surface area contributed by atoms with Gasteiger partial charge in [-0.2, -0.15) is 0 Å². The van der Waals surface area contributed by atoms with E-state index in [1.54, 1.807) is 43.9 Å². The van der Waals surface area contributed by atoms with Crippen molar-refractivity contribution in [2.45, 2.75) is 0 Å². The number of nitrogens with zero attached hydrogens (tertiary/aromatic N) is 3. The number of hydrogen-bond donors (Lipinski definition) is 1. The fourth-order valence-electron chi connectivity index (χ4n) is 1.95. The summed E-state index contributed by atoms with van der Waals surface area (Å²) in [7, 11) is 1.58. The second-order valence-corrected chi connectivity index (χ2v) is 4.51. The van der Waals surface area contributed by atoms with Gasteiger partial charge in [0.05, 0.1) is 19.0 Å². The molecule has 0 radical (unpaired) electrons. The van der Waals surface area contributed by atoms with Crippen LogP contribution in [0.1, 0.15) is 0 Å². The van der Waals surface area contributed by atoms with Crippen LogP contribution in [0.15, 0.2) is 55.0 Å². The van der Waals surface area contributed by atoms with Gasteiger partial charge in [-0.25, -0.2) is 14.4 Å². The number of aromatic nitrogens is 3. The maximum atomic E-state index is 13.2. The Labute approximate surface area is 126 Å². The minimum absolute atomic E-state index is 0.321. The molecule has 0 aliphatic heterocycles. The summed E-state index contributed by atoms with van der Waals surface area (Å²) in [5.74, 6) is 0.708. The molecule has 6 heteroatoms. The number of pyridine rings is 1. The number of hydrogen-bond acceptors (Lipinski definition) is 5. The molecule has 0 amide bonds. The van der Waals surface area contributed by atoms with E-state index in [-0.39, 0.29) is 5.82 Å². The van der Waals surface area contributed by atoms with Crippen LogP contribution in [0.25, 0.3) is 11.3 Å². The van der Waals surface area contributed by atoms with Gasteiger partial charge in [0.25, 0.3) is 0 Å². The molecule has 0 spiro atoms. The van der Waals surface area contributed by atoms with Gasteiger partial charge in [-0.1, -0.05) is 6.07 Å². The van der Waals surface area contributed by atoms with Crippen LogP contribution in [0.3, 0.4) is 0 Å². The fourth-order valence-corrected chi connectivity index (χ4v) is 1.95. The van der Waals surface area contributed by atoms with Crippen molar-refractivity contribution in [3.8, 4) is 17.0 Å². The highest BCUT2D eigenvalue weighted by molar-refractivity contribution is 5.62. The predicted octanol–water partition coefficient (Wildman–Crippen LogP) is 3.43. The molecule has 2 heterocycles. The predicted molar refractivity (Wildman–Crippen MR) is 81.5 cm³/mol. The minimum atomic E-state index is -0.321. The zero-order chi connectivity index (χ0) is 15.4. The minimum Gasteiger partial charge on any atom is -0.495 e. The molecule has 0 aliphatic carbocycles. The zero-order valence-electron chi connectivity index (χ0n) is 11.8. The van der Waals surface area contributed by atoms with Crippen molar-refractivity contribution in [3.05, 3.63) is 60.8 Å². The molecular formula is C16H13FN4O. The molecule has 0 aliphatic rings. The second kappa shape index (κ2) is 6.17. The highest BCUT2D eigenvalue weighted by Gasteiger charge is 2.05. The van der Waals surface area contributed by atoms with E-state index in [1.807, 2.05) is 6.07 Å². The van der Waals surface area contributed by atoms with Crippen LogP contribution in [-0.4, -0.2) is 22.1 Å². The Morgan fingerprint density at radius 2 is 2.05 bits per heavy atom. The number of benzene rings is 1. The average molecular weight is 296 g/mol. The molecule has 110 valence electrons. The summed E-state index contributed by atoms with van der Waals surface area (Å²) in [5, 5.41) is 2.97. The molecule has 3 aromatic rings. The van der Waals surface area contributed by atoms with Crippen LogP contribution in [0, 0.1) is 5.82 Å². The summed E-state index contributed by atoms with van der Waals surface area (Å²) in [6, 6.07) is 9.72. The molecule has 22 heavy (non-hydrogen) atoms. The smallest absolute Gasteiger partial charge is 0.227 e. The number of nitrogens with one attached hydrogen (secondary N) is 1. The highest BCUT2D eigenvalue weighted by atomic mass is 19.1. The fraction of sp³-hybridized carbons (Fsp3) is 0.0625. The van der Waals surface area contributed by atoms with Gasteiger partial charge in [0.15, 0.2) is 0 Å². The van der Waals surface area contributed by atoms with Crippen molar-refractivity contribution in [1.82, 2.24) is 15.0 Å². The summed E-state index contributed by atoms with van der Waals surface area (Å²) < 4.78 is 18.3. The van der Waals surface area contributed by atoms with Crippen LogP contribution >= 0.6 is 0 Å². The van der Waals surface area contributed by atoms with E-state index in [2.05, 4.69) is 20.3 Å². The van der Waals surface area contributed by atoms with Crippen molar-refractivity contribution in [2.75, 3.05) is 12.4 Å². The number of halogens is 1. The van der Waals surface area contributed by atoms with E-state index in [0.717, 1.165) is 5.56 Å². The Morgan fingerprint density at radius 1 is 1.14 bits per heavy atom. The van der Waals surface area contributed by atoms with Gasteiger partial charge < -0.3 is 10.1 Å². The number of ether oxygens (including phenoxy) is 1. The second-order valence-electron chi connectivity index (χ2n) is 4.51. The van der Waals surface area contributed by atoms with Crippen molar-refractivity contribution >= 4 is 11.6 Å². The Bertz CT molecular complexity index is 794. The van der Waals surface area contributed by atoms with Crippen LogP contribution in [-0.2, 0) is 0 Å². The lowest BCUT2D eigenvalue weighted by atomic mass is 10.2. The first-order chi connectivity index (χ1) is 10.7. The van der Waals surface area contributed by atoms with Crippen molar-refractivity contribution in [2.24, 2.45) is 0 Å². The first kappa shape index (κ1) is 13.9. The van der Waals surface area contributed by atoms with Gasteiger partial charge in [0.2, 0.25) is 5.95 Å². The Morgan fingerprint density at radius 3 is 2.86 bits per heavy atom. The molecule has 0 fully saturated rings. The van der Waals surface area contributed by atoms with E-state index < -0.39 is 0 Å². The molecule has 0 bridgehead atoms. The third-order valence-electron chi connectivity index (χ3n) is 2.98. The lowest BCUT2D eigenvalue weighted by Crippen LogP contribution is -1.98. The van der Waals surface area contributed by atoms with Crippen LogP contribution < -0.4 is 10.1 Å². The Hall–Kier alpha value is -3.02. The van der Waals surface area contributed by atoms with E-state index in [0.29, 0.717) is 23.1 Å². The molecule has 0 atom stereocenters. The lowest BCUT2D eigenvalue weighted by molar-refractivity contribution is 0.413. The molecule has 2 aromatic heterocycles. The van der Waals surface area contributed by atoms with Crippen molar-refractivity contribution in [3.63, 3.8) is 0 Å². The van der Waals surface area contributed by atoms with E-state index in [9.17, 15) is 4.39 Å². The number of anilines is 2. The molecule has 5 nitrogen and oxygen atoms in total. The summed E-state index contributed by atoms with van der Waals surface area (Å²) in [5.41, 5.74) is 2.09. The van der Waals surface area contributed by atoms with Crippen LogP contribution in [0.2, 0.25) is 0 Å². The highest BCUT2D eigenvalue weighted by Crippen LogP contribution is 2.22. The number of rotatable bonds is 4. The van der Waals surface area contributed by atoms with Crippen LogP contribution in [0.5, 0.6) is 5.75 Å². The van der Waals surface area contributed by atoms with Gasteiger partial charge in [-0.15, -0.1) is 0 Å². The van der Waals surface area contributed by atoms with Gasteiger partial charge in [-0.3, -0.25) is 4.98 Å². The van der Waals surface area contributed by atoms with E-state index in [4.69, 9.17) is 4.74 Å². The molecule has 3 rings (SSSR count). The standard InChI is InChI=1S/C16H13FN4O/c1-22-14-7-11(9-18-10-14)15-5-6-19-16(21-15)20-13-4-2-3-12(17)8-13/h2-10H,1H3,(H,19,20,21). The largest absolute Gasteiger partial charge is 0.495 e. The molecule has 1 aromatic carbocycles. The van der Waals surface area contributed by atoms with Crippen molar-refractivity contribution < 1.29 is 9.13 Å². The van der Waals surface area contributed by atoms with Crippen LogP contribution in [0.4, 0.5) is 16.0 Å². The van der Waals surface area contributed by atoms with Gasteiger partial charge in [0, 0.05) is 23.6 Å². The van der Waals surface area contributed by atoms with Gasteiger partial charge in [0.1, 0.15) is 11.6 Å². The topological polar surface area (TPSA) is 59.9 Å². The van der Waals surface area contributed by atoms with Gasteiger partial charge >= 0.3 is 0 Å². The third-order valence-corrected chi connectivity index (χ3v) is 2.98. The lowest BCUT2D eigenvalue weighted by Gasteiger charge is -2.07. The van der Waals surface area contributed by atoms with Crippen molar-refractivity contribution in [1.29, 1.82) is 0 Å². The summed E-state index contributed by atoms with van der Waals surface area (Å²) in [6.45, 7) is 0. The SMILES string of the molecule is COc1cncc(-c2ccnc(Nc3cccc(F)c3)n2)c1. The molecule has 0 unspecified atom stereocenters. The maximum absolute atomic E-state index is 13.2. The van der Waals surface area contributed by atoms with E-state index >= 15 is 0 Å². The normalized spacial score (nSPS) is 10.3. The summed E-state index contributed by atoms with van der Waals surface area (Å²) in [6.07, 6.45) is 4.94. The molecule has 0 saturated heterocycles. The summed E-state index contributed by atoms with van der Waals surface area (Å²) in [4.78, 5) is 12.6. The Balaban J connectivity index is 1.89. The first-order valence-corrected chi connectivity index (χ1v) is 6.59. The average Bonchev–Trinajstić information content (AvgIpc) is 2.55. The molecular weight excluding hydrogens is 283 g/mol. The molecule has 1 N–H and O–H groups in total. The third kappa shape index (κ3) is 3.17. The summed E-state index contributed by atoms with van der Waals surface area (Å²) >= 11 is 0. The number of methoxy groups -OCH3 is 1. The molecule has 0 saturated carbocycles. The van der Waals surface area contributed by atoms with E-state index in [1.165, 1.54) is 12.1 Å². The Kier molecular flexibility index (Phi) is 3.91.